The summed E-state index contributed by atoms with van der Waals surface area (Å²) in [7, 11) is 0. The molecule has 1 rings (SSSR count). The molecule has 0 radical (unpaired) electrons. The minimum Gasteiger partial charge on any atom is -0.481 e. The van der Waals surface area contributed by atoms with Crippen LogP contribution in [0.3, 0.4) is 0 Å². The Labute approximate surface area is 315 Å². The predicted molar refractivity (Wildman–Crippen MR) is 206 cm³/mol. The third-order valence-electron chi connectivity index (χ3n) is 6.09. The van der Waals surface area contributed by atoms with E-state index in [0.717, 1.165) is 12.3 Å². The van der Waals surface area contributed by atoms with Crippen molar-refractivity contribution in [3.05, 3.63) is 12.7 Å². The summed E-state index contributed by atoms with van der Waals surface area (Å²) in [6, 6.07) is -2.29. The molecule has 1 fully saturated rings. The number of nitrogens with zero attached hydrogens (tertiary/aromatic N) is 1. The molecule has 0 aromatic heterocycles. The Bertz CT molecular complexity index is 1140. The summed E-state index contributed by atoms with van der Waals surface area (Å²) in [4.78, 5) is 99.1. The highest BCUT2D eigenvalue weighted by Gasteiger charge is 2.21. The first-order chi connectivity index (χ1) is 24.9. The minimum absolute atomic E-state index is 0.183. The van der Waals surface area contributed by atoms with Gasteiger partial charge in [0, 0.05) is 25.8 Å². The molecule has 306 valence electrons. The number of nitrogens with two attached hydrogens (primary N) is 2. The predicted octanol–water partition coefficient (Wildman–Crippen LogP) is 1.62. The molecule has 0 saturated carbocycles. The molecule has 0 aromatic carbocycles. The molecule has 2 atom stereocenters. The lowest BCUT2D eigenvalue weighted by atomic mass is 10.1. The first-order valence-corrected chi connectivity index (χ1v) is 18.3. The van der Waals surface area contributed by atoms with Crippen LogP contribution in [0.1, 0.15) is 120 Å². The van der Waals surface area contributed by atoms with Crippen LogP contribution in [0.2, 0.25) is 0 Å². The second-order valence-corrected chi connectivity index (χ2v) is 12.0. The van der Waals surface area contributed by atoms with Gasteiger partial charge in [0.1, 0.15) is 11.8 Å². The van der Waals surface area contributed by atoms with E-state index in [1.54, 1.807) is 0 Å². The van der Waals surface area contributed by atoms with Crippen molar-refractivity contribution in [2.24, 2.45) is 22.4 Å². The first kappa shape index (κ1) is 55.1. The Kier molecular flexibility index (Phi) is 38.6. The van der Waals surface area contributed by atoms with Crippen molar-refractivity contribution in [2.75, 3.05) is 26.2 Å². The normalized spacial score (nSPS) is 17.4. The van der Waals surface area contributed by atoms with Crippen molar-refractivity contribution < 1.29 is 43.5 Å². The van der Waals surface area contributed by atoms with E-state index < -0.39 is 91.2 Å². The fourth-order valence-electron chi connectivity index (χ4n) is 3.14. The number of hydrogen-bond donors (Lipinski definition) is 8. The van der Waals surface area contributed by atoms with Crippen molar-refractivity contribution >= 4 is 53.0 Å². The van der Waals surface area contributed by atoms with Gasteiger partial charge in [-0.25, -0.2) is 4.99 Å². The summed E-state index contributed by atoms with van der Waals surface area (Å²) in [5, 5.41) is 20.4. The molecule has 1 saturated heterocycles. The standard InChI is InChI=1S/C22H34N8O9.2C4H10.C4H8.C2H6/c23-12(4-7-19(35)36)21(38)30-14-5-6-15(31)25-8-2-1-3-13(20(24)37)29-18(34)11-27-16(32)9-26-17(33)10-28-22(14)39;1-4(2)3;2*1-3-4-2;1-2/h12-13H,1-11,23H2,(H2,24,37)(H,25,31)(H,26,33)(H,27,32)(H,28,39)(H,29,34)(H,35,36);4H,1-3H3;3-4H2,1-2H3;3H,1,4H2,2H3;1-2H3. The highest BCUT2D eigenvalue weighted by molar-refractivity contribution is 6.41. The summed E-state index contributed by atoms with van der Waals surface area (Å²) in [6.07, 6.45) is 5.44. The minimum atomic E-state index is -1.30. The molecule has 0 bridgehead atoms. The lowest BCUT2D eigenvalue weighted by Crippen LogP contribution is -2.49. The fourth-order valence-corrected chi connectivity index (χ4v) is 3.14. The number of carbonyl (C=O) groups is 8. The number of carboxylic acid groups (broad SMARTS) is 1. The molecule has 53 heavy (non-hydrogen) atoms. The van der Waals surface area contributed by atoms with Crippen LogP contribution in [0.25, 0.3) is 0 Å². The van der Waals surface area contributed by atoms with Crippen LogP contribution in [0.5, 0.6) is 0 Å². The number of hydrogen-bond acceptors (Lipinski definition) is 9. The number of nitrogens with one attached hydrogen (secondary N) is 5. The van der Waals surface area contributed by atoms with Gasteiger partial charge in [0.25, 0.3) is 11.8 Å². The molecule has 0 aliphatic carbocycles. The van der Waals surface area contributed by atoms with E-state index in [1.165, 1.54) is 12.8 Å². The Morgan fingerprint density at radius 1 is 0.849 bits per heavy atom. The Morgan fingerprint density at radius 3 is 1.79 bits per heavy atom. The molecular formula is C36H68N8O9. The highest BCUT2D eigenvalue weighted by atomic mass is 16.4. The maximum Gasteiger partial charge on any atom is 0.303 e. The average molecular weight is 757 g/mol. The number of rotatable bonds is 7. The molecule has 7 amide bonds. The number of carboxylic acids is 1. The second-order valence-electron chi connectivity index (χ2n) is 12.0. The van der Waals surface area contributed by atoms with Gasteiger partial charge in [-0.15, -0.1) is 6.58 Å². The van der Waals surface area contributed by atoms with E-state index in [2.05, 4.69) is 79.7 Å². The molecule has 17 heteroatoms. The van der Waals surface area contributed by atoms with Crippen LogP contribution >= 0.6 is 0 Å². The first-order valence-electron chi connectivity index (χ1n) is 18.3. The monoisotopic (exact) mass is 757 g/mol. The molecule has 2 unspecified atom stereocenters. The zero-order valence-electron chi connectivity index (χ0n) is 33.2. The molecule has 10 N–H and O–H groups in total. The van der Waals surface area contributed by atoms with Crippen molar-refractivity contribution in [3.8, 4) is 0 Å². The lowest BCUT2D eigenvalue weighted by Gasteiger charge is -2.16. The number of aliphatic imine (C=N–C) groups is 1. The number of aliphatic carboxylic acids is 1. The van der Waals surface area contributed by atoms with Gasteiger partial charge in [0.05, 0.1) is 25.7 Å². The van der Waals surface area contributed by atoms with E-state index in [1.807, 2.05) is 19.9 Å². The number of amides is 7. The van der Waals surface area contributed by atoms with Gasteiger partial charge in [-0.1, -0.05) is 74.3 Å². The summed E-state index contributed by atoms with van der Waals surface area (Å²) in [5.41, 5.74) is 10.6. The molecule has 1 aliphatic heterocycles. The van der Waals surface area contributed by atoms with Crippen LogP contribution in [-0.4, -0.2) is 96.4 Å². The summed E-state index contributed by atoms with van der Waals surface area (Å²) >= 11 is 0. The smallest absolute Gasteiger partial charge is 0.303 e. The van der Waals surface area contributed by atoms with Crippen molar-refractivity contribution in [2.45, 2.75) is 132 Å². The SMILES string of the molecule is C=CCC.CC.CC(C)C.CCCC.NC(=O)C1CCCCNC(=O)CCC(=NC(=O)C(N)CCC(=O)O)C(=O)NCC(=O)NCC(=O)NCC(=O)N1. The number of primary amides is 1. The van der Waals surface area contributed by atoms with Crippen molar-refractivity contribution in [3.63, 3.8) is 0 Å². The lowest BCUT2D eigenvalue weighted by molar-refractivity contribution is -0.137. The van der Waals surface area contributed by atoms with E-state index in [4.69, 9.17) is 16.6 Å². The number of allylic oxidation sites excluding steroid dienone is 1. The van der Waals surface area contributed by atoms with E-state index >= 15 is 0 Å². The number of unbranched alkanes of at least 4 members (excludes halogenated alkanes) is 1. The molecule has 0 aromatic rings. The van der Waals surface area contributed by atoms with Crippen LogP contribution in [0.15, 0.2) is 17.6 Å². The zero-order valence-corrected chi connectivity index (χ0v) is 33.2. The molecule has 1 heterocycles. The maximum absolute atomic E-state index is 12.6. The summed E-state index contributed by atoms with van der Waals surface area (Å²) < 4.78 is 0. The van der Waals surface area contributed by atoms with Gasteiger partial charge in [0.2, 0.25) is 29.5 Å². The van der Waals surface area contributed by atoms with Crippen LogP contribution < -0.4 is 38.1 Å². The molecule has 1 aliphatic rings. The third kappa shape index (κ3) is 38.4. The quantitative estimate of drug-likeness (QED) is 0.174. The Morgan fingerprint density at radius 2 is 1.34 bits per heavy atom. The van der Waals surface area contributed by atoms with Crippen LogP contribution in [0.4, 0.5) is 0 Å². The van der Waals surface area contributed by atoms with E-state index in [0.29, 0.717) is 12.8 Å². The summed E-state index contributed by atoms with van der Waals surface area (Å²) in [6.45, 7) is 19.0. The van der Waals surface area contributed by atoms with E-state index in [9.17, 15) is 38.4 Å². The molecule has 17 nitrogen and oxygen atoms in total. The largest absolute Gasteiger partial charge is 0.481 e. The Hall–Kier alpha value is -4.67. The van der Waals surface area contributed by atoms with Gasteiger partial charge in [-0.3, -0.25) is 38.4 Å². The van der Waals surface area contributed by atoms with E-state index in [-0.39, 0.29) is 32.2 Å². The molecular weight excluding hydrogens is 688 g/mol. The van der Waals surface area contributed by atoms with Crippen molar-refractivity contribution in [1.29, 1.82) is 0 Å². The summed E-state index contributed by atoms with van der Waals surface area (Å²) in [5.74, 6) is -5.69. The molecule has 0 spiro atoms. The average Bonchev–Trinajstić information content (AvgIpc) is 3.12. The maximum atomic E-state index is 12.6. The van der Waals surface area contributed by atoms with Gasteiger partial charge in [-0.2, -0.15) is 0 Å². The highest BCUT2D eigenvalue weighted by Crippen LogP contribution is 2.03. The van der Waals surface area contributed by atoms with Crippen LogP contribution in [-0.2, 0) is 38.4 Å². The van der Waals surface area contributed by atoms with Gasteiger partial charge in [-0.05, 0) is 38.0 Å². The third-order valence-corrected chi connectivity index (χ3v) is 6.09. The fraction of sp³-hybridized carbons (Fsp3) is 0.694. The van der Waals surface area contributed by atoms with Crippen molar-refractivity contribution in [1.82, 2.24) is 26.6 Å². The zero-order chi connectivity index (χ0) is 41.8. The topological polar surface area (TPSA) is 281 Å². The second kappa shape index (κ2) is 37.1. The Balaban J connectivity index is -0.000000732. The van der Waals surface area contributed by atoms with Gasteiger partial charge < -0.3 is 43.2 Å². The van der Waals surface area contributed by atoms with Gasteiger partial charge in [0.15, 0.2) is 0 Å². The van der Waals surface area contributed by atoms with Gasteiger partial charge >= 0.3 is 5.97 Å². The van der Waals surface area contributed by atoms with Crippen LogP contribution in [0, 0.1) is 5.92 Å². The number of carbonyl (C=O) groups excluding carboxylic acids is 7.